The number of hydrogen-bond acceptors (Lipinski definition) is 0. The van der Waals surface area contributed by atoms with Gasteiger partial charge in [0, 0.05) is 0 Å². The van der Waals surface area contributed by atoms with Crippen molar-refractivity contribution in [3.63, 3.8) is 0 Å². The van der Waals surface area contributed by atoms with Crippen LogP contribution in [0.4, 0.5) is 0 Å². The normalized spacial score (nSPS) is 23.6. The number of nitrogens with zero attached hydrogens (tertiary/aromatic N) is 4. The molecule has 4 nitrogen and oxygen atoms in total. The first-order valence-electron chi connectivity index (χ1n) is 25.7. The van der Waals surface area contributed by atoms with Crippen LogP contribution >= 0.6 is 0 Å². The topological polar surface area (TPSA) is 17.6 Å². The maximum Gasteiger partial charge on any atom is 0.250 e. The van der Waals surface area contributed by atoms with Crippen molar-refractivity contribution in [3.05, 3.63) is 118 Å². The van der Waals surface area contributed by atoms with Gasteiger partial charge in [0.2, 0.25) is 12.7 Å². The van der Waals surface area contributed by atoms with Crippen molar-refractivity contribution in [1.82, 2.24) is 9.13 Å². The van der Waals surface area contributed by atoms with Gasteiger partial charge in [-0.3, -0.25) is 0 Å². The van der Waals surface area contributed by atoms with Gasteiger partial charge < -0.3 is 0 Å². The van der Waals surface area contributed by atoms with E-state index in [9.17, 15) is 0 Å². The molecule has 2 aromatic heterocycles. The summed E-state index contributed by atoms with van der Waals surface area (Å²) in [5.41, 5.74) is 20.7. The highest BCUT2D eigenvalue weighted by atomic mass is 15.2. The zero-order valence-electron chi connectivity index (χ0n) is 45.0. The van der Waals surface area contributed by atoms with Crippen molar-refractivity contribution in [2.45, 2.75) is 221 Å². The lowest BCUT2D eigenvalue weighted by atomic mass is 9.59. The molecule has 0 amide bonds. The maximum atomic E-state index is 2.59. The quantitative estimate of drug-likeness (QED) is 0.154. The van der Waals surface area contributed by atoms with E-state index in [0.717, 1.165) is 13.1 Å². The van der Waals surface area contributed by atoms with Gasteiger partial charge >= 0.3 is 0 Å². The Labute approximate surface area is 399 Å². The smallest absolute Gasteiger partial charge is 0.225 e. The lowest BCUT2D eigenvalue weighted by Gasteiger charge is -2.44. The second kappa shape index (κ2) is 13.3. The molecule has 6 aromatic rings. The molecule has 350 valence electrons. The van der Waals surface area contributed by atoms with Crippen LogP contribution in [0.25, 0.3) is 33.4 Å². The van der Waals surface area contributed by atoms with E-state index in [1.807, 2.05) is 0 Å². The molecule has 0 atom stereocenters. The second-order valence-corrected chi connectivity index (χ2v) is 27.9. The molecule has 0 N–H and O–H groups in total. The molecular weight excluding hydrogens is 801 g/mol. The Bertz CT molecular complexity index is 2830. The fraction of sp³-hybridized carbons (Fsp3) is 0.581. The highest BCUT2D eigenvalue weighted by molar-refractivity contribution is 5.79. The first-order chi connectivity index (χ1) is 30.2. The molecule has 4 aliphatic rings. The summed E-state index contributed by atoms with van der Waals surface area (Å²) in [6, 6.07) is 25.2. The standard InChI is InChI=1S/C62H84N4/c1-53(2)25-27-55(5,6)45-35-51-49(33-43(45)53)63(37-65(51)39-21-23-41-47(31-39)59(13,14)61(17,18)57(41,9)10)29-30-64-38-66(40-22-24-42-48(32-40)60(15,16)62(19,20)58(42,11)12)52-36-46-44(34-50(52)64)54(3,4)26-28-56(46,7)8/h21-24,31-38H,25-30H2,1-20H3/q+2. The Morgan fingerprint density at radius 1 is 0.348 bits per heavy atom. The van der Waals surface area contributed by atoms with E-state index in [-0.39, 0.29) is 54.1 Å². The average molecular weight is 885 g/mol. The molecule has 66 heavy (non-hydrogen) atoms. The van der Waals surface area contributed by atoms with E-state index >= 15 is 0 Å². The Balaban J connectivity index is 1.16. The summed E-state index contributed by atoms with van der Waals surface area (Å²) in [5, 5.41) is 0. The molecule has 0 saturated carbocycles. The second-order valence-electron chi connectivity index (χ2n) is 27.9. The number of fused-ring (bicyclic) bond motifs is 6. The summed E-state index contributed by atoms with van der Waals surface area (Å²) < 4.78 is 10.2. The minimum absolute atomic E-state index is 0.0285. The van der Waals surface area contributed by atoms with E-state index in [0.29, 0.717) is 0 Å². The summed E-state index contributed by atoms with van der Waals surface area (Å²) in [6.45, 7) is 51.0. The summed E-state index contributed by atoms with van der Waals surface area (Å²) in [7, 11) is 0. The van der Waals surface area contributed by atoms with Crippen LogP contribution in [0.5, 0.6) is 0 Å². The fourth-order valence-corrected chi connectivity index (χ4v) is 13.9. The van der Waals surface area contributed by atoms with Crippen LogP contribution in [0.3, 0.4) is 0 Å². The zero-order chi connectivity index (χ0) is 48.1. The van der Waals surface area contributed by atoms with Gasteiger partial charge in [0.15, 0.2) is 22.1 Å². The molecule has 4 aliphatic carbocycles. The van der Waals surface area contributed by atoms with Crippen LogP contribution in [0.1, 0.15) is 209 Å². The number of hydrogen-bond donors (Lipinski definition) is 0. The third-order valence-electron chi connectivity index (χ3n) is 21.6. The van der Waals surface area contributed by atoms with Crippen molar-refractivity contribution >= 4 is 22.1 Å². The SMILES string of the molecule is CC1(C)CCC(C)(C)c2cc3c(cc21)n(-c1ccc2c(c1)C(C)(C)C(C)(C)C2(C)C)c[n+]3CC[n+]1cn(-c2ccc3c(c2)C(C)(C)C(C)(C)C3(C)C)c2cc3c(cc21)C(C)(C)CCC3(C)C. The molecule has 0 saturated heterocycles. The molecule has 0 aliphatic heterocycles. The van der Waals surface area contributed by atoms with Crippen LogP contribution in [0.15, 0.2) is 73.3 Å². The van der Waals surface area contributed by atoms with Gasteiger partial charge in [0.05, 0.1) is 0 Å². The van der Waals surface area contributed by atoms with Crippen molar-refractivity contribution in [2.75, 3.05) is 0 Å². The van der Waals surface area contributed by atoms with E-state index in [4.69, 9.17) is 0 Å². The summed E-state index contributed by atoms with van der Waals surface area (Å²) in [4.78, 5) is 0. The number of aryl methyl sites for hydroxylation is 2. The Morgan fingerprint density at radius 3 is 0.955 bits per heavy atom. The predicted octanol–water partition coefficient (Wildman–Crippen LogP) is 14.7. The van der Waals surface area contributed by atoms with Crippen molar-refractivity contribution in [3.8, 4) is 11.4 Å². The van der Waals surface area contributed by atoms with Gasteiger partial charge in [-0.1, -0.05) is 151 Å². The van der Waals surface area contributed by atoms with E-state index in [1.54, 1.807) is 0 Å². The van der Waals surface area contributed by atoms with Gasteiger partial charge in [0.25, 0.3) is 0 Å². The highest BCUT2D eigenvalue weighted by Gasteiger charge is 2.58. The van der Waals surface area contributed by atoms with Crippen molar-refractivity contribution < 1.29 is 9.13 Å². The summed E-state index contributed by atoms with van der Waals surface area (Å²) in [5.74, 6) is 0. The predicted molar refractivity (Wildman–Crippen MR) is 277 cm³/mol. The van der Waals surface area contributed by atoms with Crippen molar-refractivity contribution in [2.24, 2.45) is 10.8 Å². The van der Waals surface area contributed by atoms with Crippen LogP contribution in [-0.2, 0) is 56.4 Å². The van der Waals surface area contributed by atoms with E-state index < -0.39 is 0 Å². The molecule has 2 heterocycles. The molecule has 4 aromatic carbocycles. The van der Waals surface area contributed by atoms with Gasteiger partial charge in [0.1, 0.15) is 24.5 Å². The fourth-order valence-electron chi connectivity index (χ4n) is 13.9. The molecule has 0 radical (unpaired) electrons. The molecule has 0 unspecified atom stereocenters. The van der Waals surface area contributed by atoms with Gasteiger partial charge in [-0.05, 0) is 173 Å². The van der Waals surface area contributed by atoms with Crippen LogP contribution in [-0.4, -0.2) is 9.13 Å². The van der Waals surface area contributed by atoms with E-state index in [2.05, 4.69) is 230 Å². The van der Waals surface area contributed by atoms with Crippen LogP contribution in [0.2, 0.25) is 0 Å². The largest absolute Gasteiger partial charge is 0.250 e. The Hall–Kier alpha value is -4.18. The number of benzene rings is 4. The monoisotopic (exact) mass is 885 g/mol. The van der Waals surface area contributed by atoms with Gasteiger partial charge in [-0.25, -0.2) is 9.13 Å². The summed E-state index contributed by atoms with van der Waals surface area (Å²) >= 11 is 0. The Kier molecular flexibility index (Phi) is 9.20. The molecule has 0 fully saturated rings. The number of rotatable bonds is 5. The van der Waals surface area contributed by atoms with Crippen molar-refractivity contribution in [1.29, 1.82) is 0 Å². The third-order valence-corrected chi connectivity index (χ3v) is 21.6. The van der Waals surface area contributed by atoms with Gasteiger partial charge in [-0.2, -0.15) is 9.13 Å². The molecular formula is C62H84N4+2. The number of aromatic nitrogens is 4. The minimum Gasteiger partial charge on any atom is -0.225 e. The first-order valence-corrected chi connectivity index (χ1v) is 25.7. The highest BCUT2D eigenvalue weighted by Crippen LogP contribution is 2.63. The third kappa shape index (κ3) is 5.80. The van der Waals surface area contributed by atoms with Gasteiger partial charge in [-0.15, -0.1) is 0 Å². The zero-order valence-corrected chi connectivity index (χ0v) is 45.0. The molecule has 0 spiro atoms. The molecule has 0 bridgehead atoms. The summed E-state index contributed by atoms with van der Waals surface area (Å²) in [6.07, 6.45) is 9.68. The average Bonchev–Trinajstić information content (AvgIpc) is 3.84. The first kappa shape index (κ1) is 45.6. The molecule has 10 rings (SSSR count). The van der Waals surface area contributed by atoms with Crippen LogP contribution < -0.4 is 9.13 Å². The van der Waals surface area contributed by atoms with E-state index in [1.165, 1.54) is 104 Å². The lowest BCUT2D eigenvalue weighted by Crippen LogP contribution is -2.44. The minimum atomic E-state index is 0.0285. The molecule has 4 heteroatoms. The maximum absolute atomic E-state index is 2.59. The number of imidazole rings is 2. The van der Waals surface area contributed by atoms with Crippen LogP contribution in [0, 0.1) is 10.8 Å². The lowest BCUT2D eigenvalue weighted by molar-refractivity contribution is -0.755. The Morgan fingerprint density at radius 2 is 0.636 bits per heavy atom.